The molecule has 2 rings (SSSR count). The van der Waals surface area contributed by atoms with Crippen LogP contribution in [0.5, 0.6) is 0 Å². The van der Waals surface area contributed by atoms with Crippen LogP contribution in [0.3, 0.4) is 0 Å². The smallest absolute Gasteiger partial charge is 0.233 e. The lowest BCUT2D eigenvalue weighted by Crippen LogP contribution is -2.16. The Morgan fingerprint density at radius 3 is 2.53 bits per heavy atom. The molecule has 0 fully saturated rings. The van der Waals surface area contributed by atoms with Gasteiger partial charge in [0.1, 0.15) is 6.42 Å². The molecule has 0 atom stereocenters. The van der Waals surface area contributed by atoms with Gasteiger partial charge < -0.3 is 10.6 Å². The van der Waals surface area contributed by atoms with Crippen LogP contribution < -0.4 is 10.6 Å². The third kappa shape index (κ3) is 3.32. The summed E-state index contributed by atoms with van der Waals surface area (Å²) >= 11 is 5.55. The van der Waals surface area contributed by atoms with Gasteiger partial charge in [-0.05, 0) is 24.6 Å². The van der Waals surface area contributed by atoms with Gasteiger partial charge in [0.2, 0.25) is 11.8 Å². The average Bonchev–Trinajstić information content (AvgIpc) is 2.51. The number of halogens is 1. The Labute approximate surface area is 115 Å². The van der Waals surface area contributed by atoms with Crippen molar-refractivity contribution < 1.29 is 14.4 Å². The summed E-state index contributed by atoms with van der Waals surface area (Å²) in [6.45, 7) is 0. The van der Waals surface area contributed by atoms with Crippen molar-refractivity contribution >= 4 is 40.6 Å². The SMILES string of the molecule is O=C1CC(=O)Nc2cc(C(=O)CCCCl)ccc2N1. The van der Waals surface area contributed by atoms with E-state index in [0.717, 1.165) is 0 Å². The fraction of sp³-hybridized carbons (Fsp3) is 0.308. The summed E-state index contributed by atoms with van der Waals surface area (Å²) in [6, 6.07) is 4.83. The first-order valence-corrected chi connectivity index (χ1v) is 6.46. The predicted molar refractivity (Wildman–Crippen MR) is 72.6 cm³/mol. The summed E-state index contributed by atoms with van der Waals surface area (Å²) in [4.78, 5) is 34.7. The molecule has 0 saturated carbocycles. The topological polar surface area (TPSA) is 75.3 Å². The largest absolute Gasteiger partial charge is 0.324 e. The maximum absolute atomic E-state index is 11.9. The van der Waals surface area contributed by atoms with Gasteiger partial charge >= 0.3 is 0 Å². The molecule has 5 nitrogen and oxygen atoms in total. The Morgan fingerprint density at radius 1 is 1.16 bits per heavy atom. The second kappa shape index (κ2) is 5.84. The summed E-state index contributed by atoms with van der Waals surface area (Å²) in [6.07, 6.45) is 0.757. The highest BCUT2D eigenvalue weighted by molar-refractivity contribution is 6.18. The van der Waals surface area contributed by atoms with Gasteiger partial charge in [-0.2, -0.15) is 0 Å². The lowest BCUT2D eigenvalue weighted by Gasteiger charge is -2.08. The van der Waals surface area contributed by atoms with E-state index in [1.54, 1.807) is 18.2 Å². The van der Waals surface area contributed by atoms with Crippen LogP contribution in [0.15, 0.2) is 18.2 Å². The zero-order chi connectivity index (χ0) is 13.8. The maximum atomic E-state index is 11.9. The van der Waals surface area contributed by atoms with Gasteiger partial charge in [-0.15, -0.1) is 11.6 Å². The normalized spacial score (nSPS) is 14.2. The second-order valence-corrected chi connectivity index (χ2v) is 4.63. The van der Waals surface area contributed by atoms with Crippen molar-refractivity contribution in [2.45, 2.75) is 19.3 Å². The monoisotopic (exact) mass is 280 g/mol. The standard InChI is InChI=1S/C13H13ClN2O3/c14-5-1-2-11(17)8-3-4-9-10(6-8)16-13(19)7-12(18)15-9/h3-4,6H,1-2,5,7H2,(H,15,18)(H,16,19). The number of alkyl halides is 1. The first kappa shape index (κ1) is 13.5. The summed E-state index contributed by atoms with van der Waals surface area (Å²) in [7, 11) is 0. The number of fused-ring (bicyclic) bond motifs is 1. The first-order chi connectivity index (χ1) is 9.10. The molecule has 0 aliphatic carbocycles. The Balaban J connectivity index is 2.25. The number of ketones is 1. The van der Waals surface area contributed by atoms with E-state index in [4.69, 9.17) is 11.6 Å². The molecular formula is C13H13ClN2O3. The Morgan fingerprint density at radius 2 is 1.84 bits per heavy atom. The Kier molecular flexibility index (Phi) is 4.16. The molecule has 1 aromatic rings. The maximum Gasteiger partial charge on any atom is 0.233 e. The van der Waals surface area contributed by atoms with Crippen molar-refractivity contribution in [3.05, 3.63) is 23.8 Å². The van der Waals surface area contributed by atoms with E-state index in [2.05, 4.69) is 10.6 Å². The van der Waals surface area contributed by atoms with Crippen LogP contribution in [-0.4, -0.2) is 23.5 Å². The van der Waals surface area contributed by atoms with Crippen molar-refractivity contribution in [1.29, 1.82) is 0 Å². The number of hydrogen-bond acceptors (Lipinski definition) is 3. The number of carbonyl (C=O) groups is 3. The molecule has 1 aromatic carbocycles. The molecule has 0 radical (unpaired) electrons. The van der Waals surface area contributed by atoms with Gasteiger partial charge in [0.05, 0.1) is 11.4 Å². The number of rotatable bonds is 4. The zero-order valence-electron chi connectivity index (χ0n) is 10.2. The number of hydrogen-bond donors (Lipinski definition) is 2. The van der Waals surface area contributed by atoms with E-state index < -0.39 is 0 Å². The third-order valence-electron chi connectivity index (χ3n) is 2.75. The number of carbonyl (C=O) groups excluding carboxylic acids is 3. The van der Waals surface area contributed by atoms with Crippen molar-refractivity contribution in [2.75, 3.05) is 16.5 Å². The van der Waals surface area contributed by atoms with Crippen LogP contribution in [0, 0.1) is 0 Å². The molecule has 0 bridgehead atoms. The molecule has 1 heterocycles. The van der Waals surface area contributed by atoms with Gasteiger partial charge in [-0.1, -0.05) is 0 Å². The molecule has 100 valence electrons. The van der Waals surface area contributed by atoms with E-state index in [9.17, 15) is 14.4 Å². The quantitative estimate of drug-likeness (QED) is 0.504. The number of anilines is 2. The fourth-order valence-electron chi connectivity index (χ4n) is 1.84. The highest BCUT2D eigenvalue weighted by Gasteiger charge is 2.19. The van der Waals surface area contributed by atoms with E-state index in [-0.39, 0.29) is 24.0 Å². The lowest BCUT2D eigenvalue weighted by molar-refractivity contribution is -0.123. The van der Waals surface area contributed by atoms with Gasteiger partial charge in [0.25, 0.3) is 0 Å². The van der Waals surface area contributed by atoms with Gasteiger partial charge in [-0.25, -0.2) is 0 Å². The second-order valence-electron chi connectivity index (χ2n) is 4.25. The molecule has 0 aromatic heterocycles. The summed E-state index contributed by atoms with van der Waals surface area (Å²) in [5.41, 5.74) is 1.46. The molecule has 1 aliphatic rings. The van der Waals surface area contributed by atoms with Crippen LogP contribution in [0.25, 0.3) is 0 Å². The van der Waals surface area contributed by atoms with E-state index in [0.29, 0.717) is 35.7 Å². The van der Waals surface area contributed by atoms with Crippen molar-refractivity contribution in [3.8, 4) is 0 Å². The molecular weight excluding hydrogens is 268 g/mol. The number of nitrogens with one attached hydrogen (secondary N) is 2. The number of benzene rings is 1. The molecule has 0 spiro atoms. The van der Waals surface area contributed by atoms with Gasteiger partial charge in [0.15, 0.2) is 5.78 Å². The number of Topliss-reactive ketones (excluding diaryl/α,β-unsaturated/α-hetero) is 1. The van der Waals surface area contributed by atoms with Crippen LogP contribution in [0.1, 0.15) is 29.6 Å². The minimum absolute atomic E-state index is 0.0340. The molecule has 1 aliphatic heterocycles. The number of amides is 2. The average molecular weight is 281 g/mol. The van der Waals surface area contributed by atoms with Crippen LogP contribution >= 0.6 is 11.6 Å². The summed E-state index contributed by atoms with van der Waals surface area (Å²) < 4.78 is 0. The molecule has 0 saturated heterocycles. The van der Waals surface area contributed by atoms with E-state index in [1.807, 2.05) is 0 Å². The lowest BCUT2D eigenvalue weighted by atomic mass is 10.1. The van der Waals surface area contributed by atoms with Crippen molar-refractivity contribution in [2.24, 2.45) is 0 Å². The van der Waals surface area contributed by atoms with Gasteiger partial charge in [-0.3, -0.25) is 14.4 Å². The Hall–Kier alpha value is -1.88. The van der Waals surface area contributed by atoms with Crippen LogP contribution in [-0.2, 0) is 9.59 Å². The molecule has 19 heavy (non-hydrogen) atoms. The highest BCUT2D eigenvalue weighted by atomic mass is 35.5. The molecule has 2 amide bonds. The first-order valence-electron chi connectivity index (χ1n) is 5.93. The Bertz CT molecular complexity index is 543. The van der Waals surface area contributed by atoms with E-state index in [1.165, 1.54) is 0 Å². The van der Waals surface area contributed by atoms with Crippen molar-refractivity contribution in [1.82, 2.24) is 0 Å². The molecule has 2 N–H and O–H groups in total. The van der Waals surface area contributed by atoms with Crippen LogP contribution in [0.2, 0.25) is 0 Å². The van der Waals surface area contributed by atoms with Gasteiger partial charge in [0, 0.05) is 17.9 Å². The summed E-state index contributed by atoms with van der Waals surface area (Å²) in [5.74, 6) is -0.351. The van der Waals surface area contributed by atoms with Crippen molar-refractivity contribution in [3.63, 3.8) is 0 Å². The highest BCUT2D eigenvalue weighted by Crippen LogP contribution is 2.26. The minimum atomic E-state index is -0.387. The van der Waals surface area contributed by atoms with E-state index >= 15 is 0 Å². The third-order valence-corrected chi connectivity index (χ3v) is 3.02. The molecule has 6 heteroatoms. The zero-order valence-corrected chi connectivity index (χ0v) is 10.9. The minimum Gasteiger partial charge on any atom is -0.324 e. The predicted octanol–water partition coefficient (Wildman–Crippen LogP) is 2.17. The summed E-state index contributed by atoms with van der Waals surface area (Å²) in [5, 5.41) is 5.21. The molecule has 0 unspecified atom stereocenters. The van der Waals surface area contributed by atoms with Crippen LogP contribution in [0.4, 0.5) is 11.4 Å². The fourth-order valence-corrected chi connectivity index (χ4v) is 1.97.